The van der Waals surface area contributed by atoms with Crippen LogP contribution < -0.4 is 5.73 Å². The number of benzene rings is 1. The van der Waals surface area contributed by atoms with E-state index in [1.165, 1.54) is 22.2 Å². The minimum Gasteiger partial charge on any atom is -0.348 e. The number of hydrogen-bond donors (Lipinski definition) is 1. The highest BCUT2D eigenvalue weighted by atomic mass is 14.9. The normalized spacial score (nSPS) is 11.1. The third kappa shape index (κ3) is 1.77. The Labute approximate surface area is 90.7 Å². The van der Waals surface area contributed by atoms with E-state index >= 15 is 0 Å². The standard InChI is InChI=1S/C13H18N2/c1-3-10-4-5-13-11(8-10)9-12(6-7-14)15(13)2/h4-5,8-9H,3,6-7,14H2,1-2H3. The molecular formula is C13H18N2. The number of aromatic nitrogens is 1. The first-order valence-corrected chi connectivity index (χ1v) is 5.53. The molecule has 0 aliphatic rings. The SMILES string of the molecule is CCc1ccc2c(c1)cc(CCN)n2C. The van der Waals surface area contributed by atoms with E-state index in [1.807, 2.05) is 0 Å². The molecule has 0 amide bonds. The fourth-order valence-corrected chi connectivity index (χ4v) is 2.06. The van der Waals surface area contributed by atoms with Gasteiger partial charge in [-0.25, -0.2) is 0 Å². The molecule has 0 aliphatic carbocycles. The second-order valence-corrected chi connectivity index (χ2v) is 3.98. The van der Waals surface area contributed by atoms with Gasteiger partial charge in [0, 0.05) is 23.6 Å². The van der Waals surface area contributed by atoms with Crippen LogP contribution in [0.15, 0.2) is 24.3 Å². The molecule has 2 N–H and O–H groups in total. The minimum atomic E-state index is 0.713. The summed E-state index contributed by atoms with van der Waals surface area (Å²) in [6, 6.07) is 8.93. The highest BCUT2D eigenvalue weighted by Crippen LogP contribution is 2.20. The summed E-state index contributed by atoms with van der Waals surface area (Å²) in [5.74, 6) is 0. The smallest absolute Gasteiger partial charge is 0.0480 e. The van der Waals surface area contributed by atoms with Gasteiger partial charge in [-0.2, -0.15) is 0 Å². The van der Waals surface area contributed by atoms with E-state index in [-0.39, 0.29) is 0 Å². The number of nitrogens with zero attached hydrogens (tertiary/aromatic N) is 1. The number of nitrogens with two attached hydrogens (primary N) is 1. The molecule has 0 radical (unpaired) electrons. The van der Waals surface area contributed by atoms with Crippen molar-refractivity contribution in [3.8, 4) is 0 Å². The topological polar surface area (TPSA) is 30.9 Å². The molecule has 1 aromatic carbocycles. The molecule has 0 spiro atoms. The number of rotatable bonds is 3. The van der Waals surface area contributed by atoms with Crippen LogP contribution in [0.3, 0.4) is 0 Å². The van der Waals surface area contributed by atoms with Crippen LogP contribution in [0, 0.1) is 0 Å². The predicted molar refractivity (Wildman–Crippen MR) is 65.1 cm³/mol. The summed E-state index contributed by atoms with van der Waals surface area (Å²) in [4.78, 5) is 0. The fourth-order valence-electron chi connectivity index (χ4n) is 2.06. The van der Waals surface area contributed by atoms with Gasteiger partial charge in [-0.1, -0.05) is 13.0 Å². The monoisotopic (exact) mass is 202 g/mol. The van der Waals surface area contributed by atoms with Gasteiger partial charge in [0.05, 0.1) is 0 Å². The van der Waals surface area contributed by atoms with Crippen molar-refractivity contribution in [1.29, 1.82) is 0 Å². The molecule has 0 fully saturated rings. The van der Waals surface area contributed by atoms with Crippen molar-refractivity contribution in [2.75, 3.05) is 6.54 Å². The summed E-state index contributed by atoms with van der Waals surface area (Å²) >= 11 is 0. The summed E-state index contributed by atoms with van der Waals surface area (Å²) in [5, 5.41) is 1.33. The Balaban J connectivity index is 2.55. The average Bonchev–Trinajstić information content (AvgIpc) is 2.56. The first kappa shape index (κ1) is 10.2. The lowest BCUT2D eigenvalue weighted by Crippen LogP contribution is -2.06. The molecule has 2 heteroatoms. The molecule has 0 atom stereocenters. The highest BCUT2D eigenvalue weighted by molar-refractivity contribution is 5.82. The van der Waals surface area contributed by atoms with Gasteiger partial charge in [-0.05, 0) is 43.1 Å². The van der Waals surface area contributed by atoms with Crippen molar-refractivity contribution < 1.29 is 0 Å². The van der Waals surface area contributed by atoms with Crippen LogP contribution in [-0.2, 0) is 19.9 Å². The molecule has 2 aromatic rings. The molecule has 0 aliphatic heterocycles. The van der Waals surface area contributed by atoms with Crippen LogP contribution in [0.2, 0.25) is 0 Å². The van der Waals surface area contributed by atoms with E-state index < -0.39 is 0 Å². The maximum atomic E-state index is 5.59. The summed E-state index contributed by atoms with van der Waals surface area (Å²) in [5.41, 5.74) is 9.61. The van der Waals surface area contributed by atoms with E-state index in [0.29, 0.717) is 6.54 Å². The lowest BCUT2D eigenvalue weighted by Gasteiger charge is -2.02. The van der Waals surface area contributed by atoms with Gasteiger partial charge in [0.1, 0.15) is 0 Å². The van der Waals surface area contributed by atoms with Crippen molar-refractivity contribution >= 4 is 10.9 Å². The first-order chi connectivity index (χ1) is 7.26. The van der Waals surface area contributed by atoms with Crippen molar-refractivity contribution in [3.05, 3.63) is 35.5 Å². The maximum Gasteiger partial charge on any atom is 0.0480 e. The molecule has 0 unspecified atom stereocenters. The predicted octanol–water partition coefficient (Wildman–Crippen LogP) is 2.24. The van der Waals surface area contributed by atoms with E-state index in [4.69, 9.17) is 5.73 Å². The Morgan fingerprint density at radius 1 is 1.27 bits per heavy atom. The molecule has 0 bridgehead atoms. The molecule has 2 rings (SSSR count). The van der Waals surface area contributed by atoms with Crippen LogP contribution in [0.5, 0.6) is 0 Å². The Morgan fingerprint density at radius 2 is 2.07 bits per heavy atom. The molecule has 15 heavy (non-hydrogen) atoms. The molecule has 0 saturated heterocycles. The lowest BCUT2D eigenvalue weighted by molar-refractivity contribution is 0.827. The molecule has 1 heterocycles. The lowest BCUT2D eigenvalue weighted by atomic mass is 10.1. The van der Waals surface area contributed by atoms with Gasteiger partial charge in [0.2, 0.25) is 0 Å². The van der Waals surface area contributed by atoms with Crippen molar-refractivity contribution in [2.24, 2.45) is 12.8 Å². The van der Waals surface area contributed by atoms with Crippen molar-refractivity contribution in [1.82, 2.24) is 4.57 Å². The van der Waals surface area contributed by atoms with Gasteiger partial charge in [0.15, 0.2) is 0 Å². The summed E-state index contributed by atoms with van der Waals surface area (Å²) < 4.78 is 2.24. The van der Waals surface area contributed by atoms with Gasteiger partial charge in [0.25, 0.3) is 0 Å². The quantitative estimate of drug-likeness (QED) is 0.813. The van der Waals surface area contributed by atoms with E-state index in [0.717, 1.165) is 12.8 Å². The first-order valence-electron chi connectivity index (χ1n) is 5.53. The minimum absolute atomic E-state index is 0.713. The summed E-state index contributed by atoms with van der Waals surface area (Å²) in [6.45, 7) is 2.90. The van der Waals surface area contributed by atoms with Gasteiger partial charge >= 0.3 is 0 Å². The summed E-state index contributed by atoms with van der Waals surface area (Å²) in [6.07, 6.45) is 2.05. The number of hydrogen-bond acceptors (Lipinski definition) is 1. The van der Waals surface area contributed by atoms with Crippen LogP contribution in [0.25, 0.3) is 10.9 Å². The molecule has 0 saturated carbocycles. The Morgan fingerprint density at radius 3 is 2.73 bits per heavy atom. The van der Waals surface area contributed by atoms with Crippen LogP contribution in [0.1, 0.15) is 18.2 Å². The average molecular weight is 202 g/mol. The second kappa shape index (κ2) is 4.07. The highest BCUT2D eigenvalue weighted by Gasteiger charge is 2.04. The van der Waals surface area contributed by atoms with Crippen LogP contribution in [0.4, 0.5) is 0 Å². The van der Waals surface area contributed by atoms with Crippen LogP contribution in [-0.4, -0.2) is 11.1 Å². The Kier molecular flexibility index (Phi) is 2.78. The maximum absolute atomic E-state index is 5.59. The van der Waals surface area contributed by atoms with Crippen molar-refractivity contribution in [2.45, 2.75) is 19.8 Å². The zero-order valence-electron chi connectivity index (χ0n) is 9.46. The third-order valence-corrected chi connectivity index (χ3v) is 3.01. The van der Waals surface area contributed by atoms with E-state index in [2.05, 4.69) is 42.8 Å². The number of fused-ring (bicyclic) bond motifs is 1. The third-order valence-electron chi connectivity index (χ3n) is 3.01. The molecule has 80 valence electrons. The zero-order valence-corrected chi connectivity index (χ0v) is 9.46. The van der Waals surface area contributed by atoms with Crippen molar-refractivity contribution in [3.63, 3.8) is 0 Å². The van der Waals surface area contributed by atoms with E-state index in [1.54, 1.807) is 0 Å². The van der Waals surface area contributed by atoms with Gasteiger partial charge < -0.3 is 10.3 Å². The molecule has 2 nitrogen and oxygen atoms in total. The Bertz CT molecular complexity index is 469. The zero-order chi connectivity index (χ0) is 10.8. The largest absolute Gasteiger partial charge is 0.348 e. The van der Waals surface area contributed by atoms with E-state index in [9.17, 15) is 0 Å². The second-order valence-electron chi connectivity index (χ2n) is 3.98. The fraction of sp³-hybridized carbons (Fsp3) is 0.385. The molecular weight excluding hydrogens is 184 g/mol. The van der Waals surface area contributed by atoms with Gasteiger partial charge in [-0.3, -0.25) is 0 Å². The van der Waals surface area contributed by atoms with Crippen LogP contribution >= 0.6 is 0 Å². The number of aryl methyl sites for hydroxylation is 2. The Hall–Kier alpha value is -1.28. The van der Waals surface area contributed by atoms with Gasteiger partial charge in [-0.15, -0.1) is 0 Å². The molecule has 1 aromatic heterocycles. The summed E-state index contributed by atoms with van der Waals surface area (Å²) in [7, 11) is 2.11.